The predicted molar refractivity (Wildman–Crippen MR) is 132 cm³/mol. The molecular formula is C26H26N2O3S2. The molecule has 2 saturated carbocycles. The van der Waals surface area contributed by atoms with Crippen LogP contribution in [0.25, 0.3) is 0 Å². The van der Waals surface area contributed by atoms with Crippen molar-refractivity contribution in [2.45, 2.75) is 42.4 Å². The fourth-order valence-electron chi connectivity index (χ4n) is 6.00. The summed E-state index contributed by atoms with van der Waals surface area (Å²) in [6.07, 6.45) is 3.93. The van der Waals surface area contributed by atoms with E-state index >= 15 is 0 Å². The van der Waals surface area contributed by atoms with Crippen LogP contribution < -0.4 is 14.9 Å². The molecule has 4 unspecified atom stereocenters. The quantitative estimate of drug-likeness (QED) is 0.514. The molecule has 2 bridgehead atoms. The van der Waals surface area contributed by atoms with Crippen LogP contribution in [0.2, 0.25) is 0 Å². The first-order valence-electron chi connectivity index (χ1n) is 11.5. The lowest BCUT2D eigenvalue weighted by Crippen LogP contribution is -2.33. The molecule has 2 fully saturated rings. The summed E-state index contributed by atoms with van der Waals surface area (Å²) in [6.45, 7) is 1.97. The van der Waals surface area contributed by atoms with E-state index < -0.39 is 0 Å². The SMILES string of the molecule is Cc1ccc(NC(=O)COc2cccc([C@H]3c4sc(=O)[nH]c4SC4C5CCC(C5)C43)c2)cc1. The van der Waals surface area contributed by atoms with Gasteiger partial charge < -0.3 is 15.0 Å². The van der Waals surface area contributed by atoms with Crippen molar-refractivity contribution in [1.29, 1.82) is 0 Å². The molecule has 3 aromatic rings. The zero-order chi connectivity index (χ0) is 22.5. The lowest BCUT2D eigenvalue weighted by atomic mass is 9.75. The third-order valence-electron chi connectivity index (χ3n) is 7.39. The predicted octanol–water partition coefficient (Wildman–Crippen LogP) is 5.41. The Morgan fingerprint density at radius 1 is 1.15 bits per heavy atom. The molecule has 2 aliphatic carbocycles. The summed E-state index contributed by atoms with van der Waals surface area (Å²) in [7, 11) is 0. The van der Waals surface area contributed by atoms with Gasteiger partial charge in [-0.1, -0.05) is 41.2 Å². The fourth-order valence-corrected chi connectivity index (χ4v) is 8.90. The number of fused-ring (bicyclic) bond motifs is 6. The van der Waals surface area contributed by atoms with Crippen molar-refractivity contribution >= 4 is 34.7 Å². The van der Waals surface area contributed by atoms with E-state index in [4.69, 9.17) is 4.74 Å². The second-order valence-electron chi connectivity index (χ2n) is 9.45. The molecule has 0 spiro atoms. The highest BCUT2D eigenvalue weighted by molar-refractivity contribution is 8.00. The van der Waals surface area contributed by atoms with Gasteiger partial charge in [0.15, 0.2) is 6.61 Å². The lowest BCUT2D eigenvalue weighted by Gasteiger charge is -2.40. The van der Waals surface area contributed by atoms with Crippen LogP contribution in [0.4, 0.5) is 5.69 Å². The van der Waals surface area contributed by atoms with Crippen LogP contribution in [0, 0.1) is 24.7 Å². The van der Waals surface area contributed by atoms with Crippen LogP contribution in [0.5, 0.6) is 5.75 Å². The number of nitrogens with one attached hydrogen (secondary N) is 2. The van der Waals surface area contributed by atoms with Crippen molar-refractivity contribution in [2.24, 2.45) is 17.8 Å². The number of thiazole rings is 1. The molecule has 1 aliphatic heterocycles. The highest BCUT2D eigenvalue weighted by Crippen LogP contribution is 2.63. The number of anilines is 1. The van der Waals surface area contributed by atoms with Gasteiger partial charge in [-0.3, -0.25) is 9.59 Å². The minimum absolute atomic E-state index is 0.0324. The van der Waals surface area contributed by atoms with Gasteiger partial charge in [-0.2, -0.15) is 0 Å². The fraction of sp³-hybridized carbons (Fsp3) is 0.385. The molecule has 5 atom stereocenters. The van der Waals surface area contributed by atoms with Crippen LogP contribution >= 0.6 is 23.1 Å². The average molecular weight is 479 g/mol. The van der Waals surface area contributed by atoms with Crippen molar-refractivity contribution in [2.75, 3.05) is 11.9 Å². The Balaban J connectivity index is 1.22. The number of hydrogen-bond donors (Lipinski definition) is 2. The smallest absolute Gasteiger partial charge is 0.305 e. The van der Waals surface area contributed by atoms with Crippen molar-refractivity contribution in [1.82, 2.24) is 4.98 Å². The van der Waals surface area contributed by atoms with Gasteiger partial charge >= 0.3 is 4.87 Å². The van der Waals surface area contributed by atoms with Crippen molar-refractivity contribution in [3.8, 4) is 5.75 Å². The number of aromatic nitrogens is 1. The van der Waals surface area contributed by atoms with Crippen molar-refractivity contribution in [3.63, 3.8) is 0 Å². The summed E-state index contributed by atoms with van der Waals surface area (Å²) in [4.78, 5) is 28.9. The maximum absolute atomic E-state index is 12.4. The van der Waals surface area contributed by atoms with E-state index in [2.05, 4.69) is 22.4 Å². The van der Waals surface area contributed by atoms with Gasteiger partial charge in [-0.25, -0.2) is 0 Å². The molecule has 1 aromatic heterocycles. The van der Waals surface area contributed by atoms with Gasteiger partial charge in [-0.15, -0.1) is 11.8 Å². The number of H-pyrrole nitrogens is 1. The number of carbonyl (C=O) groups excluding carboxylic acids is 1. The molecular weight excluding hydrogens is 452 g/mol. The molecule has 3 aliphatic rings. The zero-order valence-corrected chi connectivity index (χ0v) is 20.0. The molecule has 6 rings (SSSR count). The average Bonchev–Trinajstić information content (AvgIpc) is 3.52. The van der Waals surface area contributed by atoms with Gasteiger partial charge in [-0.05, 0) is 73.8 Å². The zero-order valence-electron chi connectivity index (χ0n) is 18.4. The molecule has 2 aromatic carbocycles. The van der Waals surface area contributed by atoms with Gasteiger partial charge in [0.25, 0.3) is 5.91 Å². The Bertz CT molecular complexity index is 1250. The molecule has 0 saturated heterocycles. The second-order valence-corrected chi connectivity index (χ2v) is 11.7. The van der Waals surface area contributed by atoms with Gasteiger partial charge in [0.05, 0.1) is 5.03 Å². The largest absolute Gasteiger partial charge is 0.484 e. The Labute approximate surface area is 201 Å². The highest BCUT2D eigenvalue weighted by Gasteiger charge is 2.54. The van der Waals surface area contributed by atoms with E-state index in [1.165, 1.54) is 41.0 Å². The number of rotatable bonds is 5. The molecule has 33 heavy (non-hydrogen) atoms. The summed E-state index contributed by atoms with van der Waals surface area (Å²) in [5.74, 6) is 2.77. The molecule has 170 valence electrons. The Kier molecular flexibility index (Phi) is 5.34. The molecule has 1 amide bonds. The number of hydrogen-bond acceptors (Lipinski definition) is 5. The number of thioether (sulfide) groups is 1. The summed E-state index contributed by atoms with van der Waals surface area (Å²) in [6, 6.07) is 15.8. The van der Waals surface area contributed by atoms with E-state index in [1.807, 2.05) is 55.1 Å². The monoisotopic (exact) mass is 478 g/mol. The Morgan fingerprint density at radius 2 is 1.97 bits per heavy atom. The van der Waals surface area contributed by atoms with Crippen molar-refractivity contribution < 1.29 is 9.53 Å². The number of amides is 1. The molecule has 2 N–H and O–H groups in total. The van der Waals surface area contributed by atoms with Gasteiger partial charge in [0, 0.05) is 21.7 Å². The molecule has 2 heterocycles. The van der Waals surface area contributed by atoms with Crippen LogP contribution in [0.1, 0.15) is 41.2 Å². The summed E-state index contributed by atoms with van der Waals surface area (Å²) < 4.78 is 5.88. The molecule has 0 radical (unpaired) electrons. The molecule has 5 nitrogen and oxygen atoms in total. The molecule has 7 heteroatoms. The van der Waals surface area contributed by atoms with E-state index in [-0.39, 0.29) is 23.3 Å². The first kappa shape index (κ1) is 21.1. The second kappa shape index (κ2) is 8.37. The Hall–Kier alpha value is -2.51. The van der Waals surface area contributed by atoms with E-state index in [1.54, 1.807) is 0 Å². The highest BCUT2D eigenvalue weighted by atomic mass is 32.2. The van der Waals surface area contributed by atoms with Crippen LogP contribution in [-0.2, 0) is 4.79 Å². The number of aromatic amines is 1. The van der Waals surface area contributed by atoms with E-state index in [0.717, 1.165) is 28.1 Å². The summed E-state index contributed by atoms with van der Waals surface area (Å²) in [5.41, 5.74) is 3.10. The topological polar surface area (TPSA) is 71.2 Å². The van der Waals surface area contributed by atoms with Gasteiger partial charge in [0.2, 0.25) is 0 Å². The standard InChI is InChI=1S/C26H26N2O3S2/c1-14-5-9-18(10-6-14)27-20(29)13-31-19-4-2-3-15(12-19)22-21-16-7-8-17(11-16)23(21)32-25-24(22)33-26(30)28-25/h2-6,9-10,12,16-17,21-23H,7-8,11,13H2,1H3,(H,27,29)(H,28,30)/t16?,17?,21?,22-,23?/m1/s1. The van der Waals surface area contributed by atoms with Crippen LogP contribution in [0.15, 0.2) is 58.4 Å². The number of benzene rings is 2. The minimum atomic E-state index is -0.183. The summed E-state index contributed by atoms with van der Waals surface area (Å²) in [5, 5.41) is 4.52. The van der Waals surface area contributed by atoms with Crippen molar-refractivity contribution in [3.05, 3.63) is 74.2 Å². The maximum Gasteiger partial charge on any atom is 0.305 e. The van der Waals surface area contributed by atoms with E-state index in [9.17, 15) is 9.59 Å². The first-order chi connectivity index (χ1) is 16.0. The number of ether oxygens (including phenoxy) is 1. The number of carbonyl (C=O) groups is 1. The third kappa shape index (κ3) is 3.91. The number of aryl methyl sites for hydroxylation is 1. The first-order valence-corrected chi connectivity index (χ1v) is 13.2. The maximum atomic E-state index is 12.4. The Morgan fingerprint density at radius 3 is 2.82 bits per heavy atom. The normalized spacial score (nSPS) is 27.1. The van der Waals surface area contributed by atoms with Crippen LogP contribution in [-0.4, -0.2) is 22.7 Å². The lowest BCUT2D eigenvalue weighted by molar-refractivity contribution is -0.118. The summed E-state index contributed by atoms with van der Waals surface area (Å²) >= 11 is 3.26. The minimum Gasteiger partial charge on any atom is -0.484 e. The van der Waals surface area contributed by atoms with E-state index in [0.29, 0.717) is 16.9 Å². The van der Waals surface area contributed by atoms with Gasteiger partial charge in [0.1, 0.15) is 5.75 Å². The van der Waals surface area contributed by atoms with Crippen LogP contribution in [0.3, 0.4) is 0 Å². The third-order valence-corrected chi connectivity index (χ3v) is 10.0.